The molecule has 43 heavy (non-hydrogen) atoms. The van der Waals surface area contributed by atoms with Crippen molar-refractivity contribution >= 4 is 62.7 Å². The number of ether oxygens (including phenoxy) is 1. The molecule has 0 aliphatic carbocycles. The number of nitrogens with zero attached hydrogens (tertiary/aromatic N) is 5. The van der Waals surface area contributed by atoms with Gasteiger partial charge in [-0.25, -0.2) is 4.79 Å². The number of fused-ring (bicyclic) bond motifs is 1. The fourth-order valence-corrected chi connectivity index (χ4v) is 7.40. The molecule has 0 bridgehead atoms. The number of benzene rings is 2. The molecule has 1 N–H and O–H groups in total. The number of amides is 1. The number of methoxy groups -OCH3 is 1. The minimum absolute atomic E-state index is 0.117. The molecule has 1 aromatic heterocycles. The Balaban J connectivity index is 0.000000541. The molecule has 0 saturated carbocycles. The summed E-state index contributed by atoms with van der Waals surface area (Å²) in [6, 6.07) is 11.7. The predicted molar refractivity (Wildman–Crippen MR) is 175 cm³/mol. The quantitative estimate of drug-likeness (QED) is 0.423. The van der Waals surface area contributed by atoms with Crippen molar-refractivity contribution in [3.05, 3.63) is 67.6 Å². The number of hydrazone groups is 1. The Labute approximate surface area is 259 Å². The largest absolute Gasteiger partial charge is 0.497 e. The van der Waals surface area contributed by atoms with Gasteiger partial charge in [0, 0.05) is 24.6 Å². The van der Waals surface area contributed by atoms with Gasteiger partial charge in [0.15, 0.2) is 0 Å². The zero-order chi connectivity index (χ0) is 31.4. The third-order valence-corrected chi connectivity index (χ3v) is 9.92. The maximum absolute atomic E-state index is 13.5. The van der Waals surface area contributed by atoms with Crippen LogP contribution in [0.1, 0.15) is 45.0 Å². The topological polar surface area (TPSA) is 108 Å². The second-order valence-electron chi connectivity index (χ2n) is 9.73. The van der Waals surface area contributed by atoms with Gasteiger partial charge in [0.1, 0.15) is 20.0 Å². The molecule has 1 amide bonds. The van der Waals surface area contributed by atoms with Crippen molar-refractivity contribution in [2.24, 2.45) is 5.10 Å². The van der Waals surface area contributed by atoms with Crippen LogP contribution in [0, 0.1) is 0 Å². The van der Waals surface area contributed by atoms with Gasteiger partial charge in [0.2, 0.25) is 0 Å². The first-order valence-electron chi connectivity index (χ1n) is 14.1. The molecule has 0 unspecified atom stereocenters. The fraction of sp³-hybridized carbons (Fsp3) is 0.355. The van der Waals surface area contributed by atoms with Crippen LogP contribution in [0.25, 0.3) is 10.6 Å². The lowest BCUT2D eigenvalue weighted by Crippen LogP contribution is -2.35. The number of carbonyl (C=O) groups is 2. The Morgan fingerprint density at radius 3 is 2.21 bits per heavy atom. The van der Waals surface area contributed by atoms with Crippen LogP contribution < -0.4 is 29.4 Å². The Morgan fingerprint density at radius 2 is 1.67 bits per heavy atom. The molecule has 5 rings (SSSR count). The molecule has 10 nitrogen and oxygen atoms in total. The second-order valence-corrected chi connectivity index (χ2v) is 11.8. The summed E-state index contributed by atoms with van der Waals surface area (Å²) in [5.74, 6) is -0.682. The summed E-state index contributed by atoms with van der Waals surface area (Å²) in [4.78, 5) is 43.5. The van der Waals surface area contributed by atoms with Gasteiger partial charge in [-0.2, -0.15) is 10.1 Å². The van der Waals surface area contributed by atoms with Crippen LogP contribution in [0.2, 0.25) is 0 Å². The van der Waals surface area contributed by atoms with Crippen molar-refractivity contribution in [3.8, 4) is 5.75 Å². The van der Waals surface area contributed by atoms with Gasteiger partial charge in [-0.1, -0.05) is 32.5 Å². The SMILES string of the molecule is CCN(CC)CC.CCn1c(=O)/c(=C2/Sc3ccc(OC)cc3N2C)s/c1=C1\C(=O)N(c2ccc(C(=O)O)cc2)N=C1C. The van der Waals surface area contributed by atoms with Crippen LogP contribution in [-0.2, 0) is 11.3 Å². The van der Waals surface area contributed by atoms with Crippen molar-refractivity contribution in [3.63, 3.8) is 0 Å². The van der Waals surface area contributed by atoms with E-state index in [1.54, 1.807) is 30.7 Å². The van der Waals surface area contributed by atoms with E-state index in [0.29, 0.717) is 32.7 Å². The highest BCUT2D eigenvalue weighted by molar-refractivity contribution is 8.08. The minimum Gasteiger partial charge on any atom is -0.497 e. The average molecular weight is 624 g/mol. The second kappa shape index (κ2) is 13.6. The zero-order valence-corrected chi connectivity index (χ0v) is 27.1. The molecular weight excluding hydrogens is 587 g/mol. The van der Waals surface area contributed by atoms with E-state index < -0.39 is 5.97 Å². The van der Waals surface area contributed by atoms with E-state index in [9.17, 15) is 14.4 Å². The lowest BCUT2D eigenvalue weighted by molar-refractivity contribution is -0.112. The number of thiazole rings is 1. The highest BCUT2D eigenvalue weighted by Gasteiger charge is 2.32. The number of hydrogen-bond donors (Lipinski definition) is 1. The van der Waals surface area contributed by atoms with Gasteiger partial charge in [0.05, 0.1) is 35.3 Å². The maximum atomic E-state index is 13.5. The summed E-state index contributed by atoms with van der Waals surface area (Å²) < 4.78 is 8.05. The van der Waals surface area contributed by atoms with E-state index >= 15 is 0 Å². The first kappa shape index (κ1) is 32.1. The molecule has 0 saturated heterocycles. The van der Waals surface area contributed by atoms with Gasteiger partial charge in [-0.15, -0.1) is 11.3 Å². The van der Waals surface area contributed by atoms with Gasteiger partial charge in [-0.3, -0.25) is 14.2 Å². The Kier molecular flexibility index (Phi) is 10.2. The van der Waals surface area contributed by atoms with Crippen molar-refractivity contribution in [1.82, 2.24) is 9.47 Å². The molecular formula is C31H37N5O5S2. The number of hydrogen-bond acceptors (Lipinski definition) is 9. The number of aromatic carboxylic acids is 1. The fourth-order valence-electron chi connectivity index (χ4n) is 4.82. The van der Waals surface area contributed by atoms with Crippen LogP contribution in [0.3, 0.4) is 0 Å². The minimum atomic E-state index is -1.05. The van der Waals surface area contributed by atoms with E-state index in [-0.39, 0.29) is 17.0 Å². The Hall–Kier alpha value is -3.87. The van der Waals surface area contributed by atoms with Crippen LogP contribution in [0.5, 0.6) is 5.75 Å². The van der Waals surface area contributed by atoms with Gasteiger partial charge in [0.25, 0.3) is 11.5 Å². The predicted octanol–water partition coefficient (Wildman–Crippen LogP) is 3.87. The van der Waals surface area contributed by atoms with Crippen LogP contribution in [0.4, 0.5) is 11.4 Å². The molecule has 0 atom stereocenters. The number of rotatable bonds is 7. The molecule has 0 radical (unpaired) electrons. The number of anilines is 2. The number of carboxylic acids is 1. The summed E-state index contributed by atoms with van der Waals surface area (Å²) >= 11 is 2.79. The van der Waals surface area contributed by atoms with Crippen molar-refractivity contribution in [1.29, 1.82) is 0 Å². The van der Waals surface area contributed by atoms with E-state index in [1.165, 1.54) is 59.9 Å². The van der Waals surface area contributed by atoms with E-state index in [0.717, 1.165) is 21.4 Å². The van der Waals surface area contributed by atoms with Gasteiger partial charge >= 0.3 is 5.97 Å². The Morgan fingerprint density at radius 1 is 1.02 bits per heavy atom. The van der Waals surface area contributed by atoms with Crippen molar-refractivity contribution in [2.45, 2.75) is 46.1 Å². The molecule has 228 valence electrons. The number of aromatic nitrogens is 1. The lowest BCUT2D eigenvalue weighted by atomic mass is 10.2. The van der Waals surface area contributed by atoms with Crippen LogP contribution >= 0.6 is 23.1 Å². The molecule has 3 heterocycles. The number of carbonyl (C=O) groups excluding carboxylic acids is 1. The molecule has 12 heteroatoms. The first-order valence-corrected chi connectivity index (χ1v) is 15.8. The normalized spacial score (nSPS) is 16.7. The third kappa shape index (κ3) is 6.27. The molecule has 2 aliphatic heterocycles. The summed E-state index contributed by atoms with van der Waals surface area (Å²) in [6.07, 6.45) is 0. The monoisotopic (exact) mass is 623 g/mol. The van der Waals surface area contributed by atoms with E-state index in [2.05, 4.69) is 30.8 Å². The van der Waals surface area contributed by atoms with Crippen LogP contribution in [0.15, 0.2) is 57.3 Å². The summed E-state index contributed by atoms with van der Waals surface area (Å²) in [7, 11) is 3.52. The van der Waals surface area contributed by atoms with E-state index in [1.807, 2.05) is 37.1 Å². The number of carboxylic acid groups (broad SMARTS) is 1. The molecule has 0 fully saturated rings. The standard InChI is InChI=1S/C25H22N4O5S2.C6H15N/c1-5-28-22(31)20(24-27(3)17-12-16(34-4)10-11-18(17)35-24)36-23(28)19-13(2)26-29(21(19)30)15-8-6-14(7-9-15)25(32)33;1-4-7(5-2)6-3/h6-12H,5H2,1-4H3,(H,32,33);4-6H2,1-3H3/b23-19-,24-20-;. The first-order chi connectivity index (χ1) is 20.6. The summed E-state index contributed by atoms with van der Waals surface area (Å²) in [5, 5.41) is 15.6. The zero-order valence-electron chi connectivity index (χ0n) is 25.5. The smallest absolute Gasteiger partial charge is 0.335 e. The highest BCUT2D eigenvalue weighted by Crippen LogP contribution is 2.46. The molecule has 2 aromatic carbocycles. The van der Waals surface area contributed by atoms with Crippen molar-refractivity contribution < 1.29 is 19.4 Å². The van der Waals surface area contributed by atoms with Gasteiger partial charge < -0.3 is 19.6 Å². The lowest BCUT2D eigenvalue weighted by Gasteiger charge is -2.13. The molecule has 3 aromatic rings. The van der Waals surface area contributed by atoms with Crippen molar-refractivity contribution in [2.75, 3.05) is 43.7 Å². The summed E-state index contributed by atoms with van der Waals surface area (Å²) in [5.41, 5.74) is 2.20. The summed E-state index contributed by atoms with van der Waals surface area (Å²) in [6.45, 7) is 14.1. The average Bonchev–Trinajstić information content (AvgIpc) is 3.62. The molecule has 0 spiro atoms. The third-order valence-electron chi connectivity index (χ3n) is 7.36. The van der Waals surface area contributed by atoms with Crippen LogP contribution in [-0.4, -0.2) is 66.0 Å². The number of thioether (sulfide) groups is 1. The maximum Gasteiger partial charge on any atom is 0.335 e. The highest BCUT2D eigenvalue weighted by atomic mass is 32.2. The molecule has 2 aliphatic rings. The van der Waals surface area contributed by atoms with E-state index in [4.69, 9.17) is 9.84 Å². The van der Waals surface area contributed by atoms with Gasteiger partial charge in [-0.05, 0) is 69.9 Å². The Bertz CT molecular complexity index is 1730.